The van der Waals surface area contributed by atoms with Crippen molar-refractivity contribution in [3.05, 3.63) is 18.2 Å². The quantitative estimate of drug-likeness (QED) is 0.605. The lowest BCUT2D eigenvalue weighted by molar-refractivity contribution is 0.191. The van der Waals surface area contributed by atoms with Crippen LogP contribution >= 0.6 is 0 Å². The van der Waals surface area contributed by atoms with Crippen LogP contribution < -0.4 is 11.3 Å². The summed E-state index contributed by atoms with van der Waals surface area (Å²) in [5.74, 6) is 7.34. The van der Waals surface area contributed by atoms with Crippen molar-refractivity contribution in [1.29, 1.82) is 0 Å². The van der Waals surface area contributed by atoms with Gasteiger partial charge < -0.3 is 4.57 Å². The van der Waals surface area contributed by atoms with Crippen molar-refractivity contribution in [3.63, 3.8) is 0 Å². The molecule has 0 saturated heterocycles. The summed E-state index contributed by atoms with van der Waals surface area (Å²) >= 11 is 0. The van der Waals surface area contributed by atoms with Gasteiger partial charge in [0.15, 0.2) is 0 Å². The summed E-state index contributed by atoms with van der Waals surface area (Å²) in [5.41, 5.74) is 3.31. The molecule has 2 atom stereocenters. The molecule has 0 bridgehead atoms. The Hall–Kier alpha value is -0.870. The molecule has 0 aliphatic heterocycles. The molecule has 0 spiro atoms. The molecule has 1 aromatic heterocycles. The monoisotopic (exact) mass is 222 g/mol. The molecule has 0 aromatic carbocycles. The molecule has 0 radical (unpaired) electrons. The highest BCUT2D eigenvalue weighted by molar-refractivity contribution is 5.04. The Morgan fingerprint density at radius 1 is 1.62 bits per heavy atom. The number of aryl methyl sites for hydroxylation is 1. The van der Waals surface area contributed by atoms with Crippen molar-refractivity contribution in [1.82, 2.24) is 15.0 Å². The van der Waals surface area contributed by atoms with E-state index in [2.05, 4.69) is 28.8 Å². The van der Waals surface area contributed by atoms with Gasteiger partial charge in [-0.3, -0.25) is 5.84 Å². The average molecular weight is 222 g/mol. The van der Waals surface area contributed by atoms with Crippen LogP contribution in [0.5, 0.6) is 0 Å². The Labute approximate surface area is 97.2 Å². The van der Waals surface area contributed by atoms with Gasteiger partial charge >= 0.3 is 0 Å². The van der Waals surface area contributed by atoms with E-state index in [-0.39, 0.29) is 6.04 Å². The average Bonchev–Trinajstić information content (AvgIpc) is 2.77. The Kier molecular flexibility index (Phi) is 3.04. The number of nitrogens with one attached hydrogen (secondary N) is 1. The van der Waals surface area contributed by atoms with Crippen LogP contribution in [0.15, 0.2) is 12.4 Å². The highest BCUT2D eigenvalue weighted by Gasteiger charge is 2.41. The van der Waals surface area contributed by atoms with Gasteiger partial charge in [0.2, 0.25) is 0 Å². The van der Waals surface area contributed by atoms with Gasteiger partial charge in [-0.25, -0.2) is 10.4 Å². The maximum absolute atomic E-state index is 5.73. The lowest BCUT2D eigenvalue weighted by Gasteiger charge is -2.33. The number of rotatable bonds is 3. The molecule has 1 saturated carbocycles. The summed E-state index contributed by atoms with van der Waals surface area (Å²) in [6, 6.07) is 0.164. The van der Waals surface area contributed by atoms with Crippen molar-refractivity contribution >= 4 is 0 Å². The Morgan fingerprint density at radius 2 is 2.38 bits per heavy atom. The van der Waals surface area contributed by atoms with Crippen molar-refractivity contribution in [2.75, 3.05) is 0 Å². The van der Waals surface area contributed by atoms with Crippen LogP contribution in [0, 0.1) is 11.3 Å². The summed E-state index contributed by atoms with van der Waals surface area (Å²) < 4.78 is 2.05. The molecular formula is C12H22N4. The molecule has 4 nitrogen and oxygen atoms in total. The lowest BCUT2D eigenvalue weighted by Crippen LogP contribution is -2.39. The van der Waals surface area contributed by atoms with E-state index >= 15 is 0 Å². The summed E-state index contributed by atoms with van der Waals surface area (Å²) in [6.07, 6.45) is 7.61. The molecular weight excluding hydrogens is 200 g/mol. The highest BCUT2D eigenvalue weighted by atomic mass is 15.3. The molecule has 1 aliphatic rings. The molecule has 16 heavy (non-hydrogen) atoms. The summed E-state index contributed by atoms with van der Waals surface area (Å²) in [5, 5.41) is 0. The Bertz CT molecular complexity index is 356. The van der Waals surface area contributed by atoms with E-state index in [0.717, 1.165) is 5.82 Å². The lowest BCUT2D eigenvalue weighted by atomic mass is 9.77. The summed E-state index contributed by atoms with van der Waals surface area (Å²) in [7, 11) is 2.02. The molecule has 1 fully saturated rings. The van der Waals surface area contributed by atoms with Crippen LogP contribution in [0.4, 0.5) is 0 Å². The summed E-state index contributed by atoms with van der Waals surface area (Å²) in [4.78, 5) is 4.42. The first kappa shape index (κ1) is 11.6. The molecule has 2 rings (SSSR count). The van der Waals surface area contributed by atoms with E-state index in [4.69, 9.17) is 5.84 Å². The topological polar surface area (TPSA) is 55.9 Å². The largest absolute Gasteiger partial charge is 0.337 e. The fourth-order valence-corrected chi connectivity index (χ4v) is 3.02. The normalized spacial score (nSPS) is 25.9. The number of hydrazine groups is 1. The SMILES string of the molecule is Cn1ccnc1C(NN)C1CCCC1(C)C. The van der Waals surface area contributed by atoms with Gasteiger partial charge in [-0.1, -0.05) is 20.3 Å². The van der Waals surface area contributed by atoms with Crippen molar-refractivity contribution < 1.29 is 0 Å². The van der Waals surface area contributed by atoms with Crippen molar-refractivity contribution in [2.24, 2.45) is 24.2 Å². The number of nitrogens with zero attached hydrogens (tertiary/aromatic N) is 2. The van der Waals surface area contributed by atoms with E-state index in [1.807, 2.05) is 19.4 Å². The van der Waals surface area contributed by atoms with Crippen LogP contribution in [0.3, 0.4) is 0 Å². The number of hydrogen-bond acceptors (Lipinski definition) is 3. The number of imidazole rings is 1. The van der Waals surface area contributed by atoms with Gasteiger partial charge in [-0.15, -0.1) is 0 Å². The minimum atomic E-state index is 0.164. The van der Waals surface area contributed by atoms with Crippen LogP contribution in [-0.4, -0.2) is 9.55 Å². The van der Waals surface area contributed by atoms with Gasteiger partial charge in [-0.2, -0.15) is 0 Å². The molecule has 1 aromatic rings. The first-order valence-corrected chi connectivity index (χ1v) is 5.99. The van der Waals surface area contributed by atoms with Gasteiger partial charge in [0.25, 0.3) is 0 Å². The number of hydrogen-bond donors (Lipinski definition) is 2. The fraction of sp³-hybridized carbons (Fsp3) is 0.750. The maximum atomic E-state index is 5.73. The van der Waals surface area contributed by atoms with Gasteiger partial charge in [0.1, 0.15) is 5.82 Å². The van der Waals surface area contributed by atoms with Crippen LogP contribution in [0.25, 0.3) is 0 Å². The van der Waals surface area contributed by atoms with E-state index in [1.165, 1.54) is 19.3 Å². The zero-order valence-electron chi connectivity index (χ0n) is 10.4. The minimum absolute atomic E-state index is 0.164. The second kappa shape index (κ2) is 4.18. The second-order valence-corrected chi connectivity index (χ2v) is 5.53. The van der Waals surface area contributed by atoms with Crippen molar-refractivity contribution in [3.8, 4) is 0 Å². The molecule has 90 valence electrons. The van der Waals surface area contributed by atoms with Crippen LogP contribution in [0.1, 0.15) is 45.0 Å². The van der Waals surface area contributed by atoms with E-state index in [9.17, 15) is 0 Å². The third-order valence-electron chi connectivity index (χ3n) is 4.06. The standard InChI is InChI=1S/C12H22N4/c1-12(2)6-4-5-9(12)10(15-13)11-14-7-8-16(11)3/h7-10,15H,4-6,13H2,1-3H3. The Balaban J connectivity index is 2.27. The van der Waals surface area contributed by atoms with Gasteiger partial charge in [0.05, 0.1) is 6.04 Å². The zero-order valence-corrected chi connectivity index (χ0v) is 10.4. The first-order valence-electron chi connectivity index (χ1n) is 5.99. The third-order valence-corrected chi connectivity index (χ3v) is 4.06. The van der Waals surface area contributed by atoms with E-state index in [1.54, 1.807) is 0 Å². The Morgan fingerprint density at radius 3 is 2.81 bits per heavy atom. The number of aromatic nitrogens is 2. The number of nitrogens with two attached hydrogens (primary N) is 1. The van der Waals surface area contributed by atoms with Crippen LogP contribution in [-0.2, 0) is 7.05 Å². The zero-order chi connectivity index (χ0) is 11.8. The second-order valence-electron chi connectivity index (χ2n) is 5.53. The summed E-state index contributed by atoms with van der Waals surface area (Å²) in [6.45, 7) is 4.66. The van der Waals surface area contributed by atoms with Gasteiger partial charge in [-0.05, 0) is 24.2 Å². The first-order chi connectivity index (χ1) is 7.56. The van der Waals surface area contributed by atoms with E-state index in [0.29, 0.717) is 11.3 Å². The molecule has 2 unspecified atom stereocenters. The van der Waals surface area contributed by atoms with Gasteiger partial charge in [0, 0.05) is 19.4 Å². The predicted octanol–water partition coefficient (Wildman–Crippen LogP) is 1.75. The predicted molar refractivity (Wildman–Crippen MR) is 64.4 cm³/mol. The van der Waals surface area contributed by atoms with Crippen LogP contribution in [0.2, 0.25) is 0 Å². The molecule has 4 heteroatoms. The minimum Gasteiger partial charge on any atom is -0.337 e. The molecule has 0 amide bonds. The van der Waals surface area contributed by atoms with Crippen molar-refractivity contribution in [2.45, 2.75) is 39.2 Å². The molecule has 1 aliphatic carbocycles. The molecule has 3 N–H and O–H groups in total. The maximum Gasteiger partial charge on any atom is 0.127 e. The fourth-order valence-electron chi connectivity index (χ4n) is 3.02. The third kappa shape index (κ3) is 1.87. The smallest absolute Gasteiger partial charge is 0.127 e. The highest BCUT2D eigenvalue weighted by Crippen LogP contribution is 2.48. The molecule has 1 heterocycles. The van der Waals surface area contributed by atoms with E-state index < -0.39 is 0 Å².